The molecule has 0 aromatic heterocycles. The van der Waals surface area contributed by atoms with Crippen LogP contribution in [0.5, 0.6) is 0 Å². The van der Waals surface area contributed by atoms with E-state index in [1.54, 1.807) is 21.9 Å². The summed E-state index contributed by atoms with van der Waals surface area (Å²) in [6.45, 7) is 3.01. The number of benzene rings is 1. The summed E-state index contributed by atoms with van der Waals surface area (Å²) in [6, 6.07) is 7.00. The van der Waals surface area contributed by atoms with Crippen molar-refractivity contribution in [2.75, 3.05) is 62.3 Å². The molecule has 0 saturated carbocycles. The summed E-state index contributed by atoms with van der Waals surface area (Å²) in [5.74, 6) is -0.286. The van der Waals surface area contributed by atoms with Crippen LogP contribution in [-0.2, 0) is 19.6 Å². The minimum Gasteiger partial charge on any atom is -0.378 e. The molecule has 0 N–H and O–H groups in total. The Balaban J connectivity index is 2.11. The lowest BCUT2D eigenvalue weighted by Crippen LogP contribution is -2.52. The van der Waals surface area contributed by atoms with Gasteiger partial charge in [-0.25, -0.2) is 8.42 Å². The number of amides is 2. The second kappa shape index (κ2) is 7.94. The molecule has 0 bridgehead atoms. The van der Waals surface area contributed by atoms with E-state index in [0.29, 0.717) is 31.9 Å². The Labute approximate surface area is 155 Å². The molecule has 1 heterocycles. The number of carbonyl (C=O) groups excluding carboxylic acids is 2. The van der Waals surface area contributed by atoms with E-state index < -0.39 is 10.0 Å². The number of hydrogen-bond acceptors (Lipinski definition) is 5. The van der Waals surface area contributed by atoms with Gasteiger partial charge in [0.15, 0.2) is 0 Å². The molecule has 144 valence electrons. The van der Waals surface area contributed by atoms with Crippen molar-refractivity contribution in [2.45, 2.75) is 6.92 Å². The van der Waals surface area contributed by atoms with Crippen molar-refractivity contribution >= 4 is 33.2 Å². The third kappa shape index (κ3) is 4.87. The zero-order chi connectivity index (χ0) is 19.5. The predicted octanol–water partition coefficient (Wildman–Crippen LogP) is 0.209. The van der Waals surface area contributed by atoms with E-state index in [2.05, 4.69) is 0 Å². The molecule has 1 aromatic rings. The van der Waals surface area contributed by atoms with Crippen LogP contribution in [0.25, 0.3) is 0 Å². The molecule has 9 heteroatoms. The average Bonchev–Trinajstić information content (AvgIpc) is 2.58. The molecule has 2 amide bonds. The van der Waals surface area contributed by atoms with Gasteiger partial charge in [0.05, 0.1) is 11.9 Å². The maximum Gasteiger partial charge on any atom is 0.243 e. The second-order valence-corrected chi connectivity index (χ2v) is 8.47. The highest BCUT2D eigenvalue weighted by molar-refractivity contribution is 7.92. The second-order valence-electron chi connectivity index (χ2n) is 6.57. The molecule has 26 heavy (non-hydrogen) atoms. The number of piperazine rings is 1. The highest BCUT2D eigenvalue weighted by Crippen LogP contribution is 2.22. The Morgan fingerprint density at radius 1 is 0.962 bits per heavy atom. The molecule has 8 nitrogen and oxygen atoms in total. The van der Waals surface area contributed by atoms with Crippen molar-refractivity contribution in [1.82, 2.24) is 9.80 Å². The molecule has 2 rings (SSSR count). The summed E-state index contributed by atoms with van der Waals surface area (Å²) >= 11 is 0. The SMILES string of the molecule is CC(=O)N1CCN(C(=O)CN(c2ccc(N(C)C)cc2)S(C)(=O)=O)CC1. The van der Waals surface area contributed by atoms with E-state index >= 15 is 0 Å². The van der Waals surface area contributed by atoms with Crippen LogP contribution in [0.1, 0.15) is 6.92 Å². The maximum atomic E-state index is 12.6. The van der Waals surface area contributed by atoms with Crippen molar-refractivity contribution in [2.24, 2.45) is 0 Å². The zero-order valence-electron chi connectivity index (χ0n) is 15.7. The smallest absolute Gasteiger partial charge is 0.243 e. The Morgan fingerprint density at radius 3 is 1.85 bits per heavy atom. The van der Waals surface area contributed by atoms with E-state index in [4.69, 9.17) is 0 Å². The fourth-order valence-electron chi connectivity index (χ4n) is 2.81. The lowest BCUT2D eigenvalue weighted by Gasteiger charge is -2.35. The van der Waals surface area contributed by atoms with Crippen LogP contribution in [-0.4, -0.2) is 83.1 Å². The number of nitrogens with zero attached hydrogens (tertiary/aromatic N) is 4. The first kappa shape index (κ1) is 20.0. The first-order valence-corrected chi connectivity index (χ1v) is 10.2. The third-order valence-electron chi connectivity index (χ3n) is 4.41. The lowest BCUT2D eigenvalue weighted by molar-refractivity contribution is -0.137. The van der Waals surface area contributed by atoms with E-state index in [0.717, 1.165) is 16.2 Å². The van der Waals surface area contributed by atoms with Crippen LogP contribution in [0.2, 0.25) is 0 Å². The minimum atomic E-state index is -3.60. The molecule has 0 unspecified atom stereocenters. The number of anilines is 2. The summed E-state index contributed by atoms with van der Waals surface area (Å²) in [6.07, 6.45) is 1.09. The van der Waals surface area contributed by atoms with Gasteiger partial charge in [-0.1, -0.05) is 0 Å². The summed E-state index contributed by atoms with van der Waals surface area (Å²) in [5.41, 5.74) is 1.39. The molecular formula is C17H26N4O4S. The van der Waals surface area contributed by atoms with Crippen LogP contribution in [0.15, 0.2) is 24.3 Å². The van der Waals surface area contributed by atoms with Gasteiger partial charge < -0.3 is 14.7 Å². The first-order valence-electron chi connectivity index (χ1n) is 8.38. The number of carbonyl (C=O) groups is 2. The van der Waals surface area contributed by atoms with Crippen molar-refractivity contribution < 1.29 is 18.0 Å². The summed E-state index contributed by atoms with van der Waals surface area (Å²) < 4.78 is 25.5. The van der Waals surface area contributed by atoms with Crippen molar-refractivity contribution in [1.29, 1.82) is 0 Å². The molecule has 0 radical (unpaired) electrons. The monoisotopic (exact) mass is 382 g/mol. The zero-order valence-corrected chi connectivity index (χ0v) is 16.5. The van der Waals surface area contributed by atoms with Gasteiger partial charge in [-0.3, -0.25) is 13.9 Å². The van der Waals surface area contributed by atoms with E-state index in [-0.39, 0.29) is 18.4 Å². The van der Waals surface area contributed by atoms with E-state index in [1.807, 2.05) is 31.1 Å². The number of hydrogen-bond donors (Lipinski definition) is 0. The van der Waals surface area contributed by atoms with Crippen LogP contribution in [0.4, 0.5) is 11.4 Å². The van der Waals surface area contributed by atoms with Gasteiger partial charge in [0.1, 0.15) is 6.54 Å². The van der Waals surface area contributed by atoms with Gasteiger partial charge in [-0.2, -0.15) is 0 Å². The van der Waals surface area contributed by atoms with Gasteiger partial charge in [0.25, 0.3) is 0 Å². The number of rotatable bonds is 5. The average molecular weight is 382 g/mol. The fourth-order valence-corrected chi connectivity index (χ4v) is 3.66. The predicted molar refractivity (Wildman–Crippen MR) is 102 cm³/mol. The van der Waals surface area contributed by atoms with Crippen LogP contribution >= 0.6 is 0 Å². The Morgan fingerprint density at radius 2 is 1.42 bits per heavy atom. The van der Waals surface area contributed by atoms with Gasteiger partial charge in [0, 0.05) is 52.9 Å². The van der Waals surface area contributed by atoms with E-state index in [1.165, 1.54) is 6.92 Å². The van der Waals surface area contributed by atoms with Gasteiger partial charge in [0.2, 0.25) is 21.8 Å². The highest BCUT2D eigenvalue weighted by atomic mass is 32.2. The Bertz CT molecular complexity index is 753. The molecule has 0 aliphatic carbocycles. The van der Waals surface area contributed by atoms with Gasteiger partial charge in [-0.15, -0.1) is 0 Å². The van der Waals surface area contributed by atoms with Gasteiger partial charge >= 0.3 is 0 Å². The normalized spacial score (nSPS) is 14.9. The van der Waals surface area contributed by atoms with E-state index in [9.17, 15) is 18.0 Å². The van der Waals surface area contributed by atoms with Crippen molar-refractivity contribution in [3.63, 3.8) is 0 Å². The minimum absolute atomic E-state index is 0.0177. The van der Waals surface area contributed by atoms with Crippen LogP contribution in [0.3, 0.4) is 0 Å². The molecule has 0 spiro atoms. The molecule has 1 saturated heterocycles. The topological polar surface area (TPSA) is 81.2 Å². The van der Waals surface area contributed by atoms with Crippen molar-refractivity contribution in [3.05, 3.63) is 24.3 Å². The lowest BCUT2D eigenvalue weighted by atomic mass is 10.2. The molecule has 1 fully saturated rings. The maximum absolute atomic E-state index is 12.6. The Kier molecular flexibility index (Phi) is 6.12. The molecular weight excluding hydrogens is 356 g/mol. The summed E-state index contributed by atoms with van der Waals surface area (Å²) in [5, 5.41) is 0. The first-order chi connectivity index (χ1) is 12.1. The van der Waals surface area contributed by atoms with Crippen molar-refractivity contribution in [3.8, 4) is 0 Å². The fraction of sp³-hybridized carbons (Fsp3) is 0.529. The quantitative estimate of drug-likeness (QED) is 0.727. The summed E-state index contributed by atoms with van der Waals surface area (Å²) in [7, 11) is 0.191. The molecule has 1 aromatic carbocycles. The van der Waals surface area contributed by atoms with Crippen LogP contribution < -0.4 is 9.21 Å². The third-order valence-corrected chi connectivity index (χ3v) is 5.55. The standard InChI is InChI=1S/C17H26N4O4S/c1-14(22)19-9-11-20(12-10-19)17(23)13-21(26(4,24)25)16-7-5-15(6-8-16)18(2)3/h5-8H,9-13H2,1-4H3. The molecule has 0 atom stereocenters. The highest BCUT2D eigenvalue weighted by Gasteiger charge is 2.27. The summed E-state index contributed by atoms with van der Waals surface area (Å²) in [4.78, 5) is 29.2. The number of sulfonamides is 1. The largest absolute Gasteiger partial charge is 0.378 e. The molecule has 1 aliphatic rings. The van der Waals surface area contributed by atoms with Gasteiger partial charge in [-0.05, 0) is 24.3 Å². The molecule has 1 aliphatic heterocycles. The van der Waals surface area contributed by atoms with Crippen LogP contribution in [0, 0.1) is 0 Å². The Hall–Kier alpha value is -2.29.